The highest BCUT2D eigenvalue weighted by molar-refractivity contribution is 7.92. The van der Waals surface area contributed by atoms with Crippen molar-refractivity contribution >= 4 is 21.6 Å². The van der Waals surface area contributed by atoms with E-state index >= 15 is 0 Å². The Hall–Kier alpha value is -2.38. The van der Waals surface area contributed by atoms with E-state index in [0.29, 0.717) is 23.4 Å². The third-order valence-electron chi connectivity index (χ3n) is 5.49. The van der Waals surface area contributed by atoms with Crippen molar-refractivity contribution in [3.8, 4) is 0 Å². The Morgan fingerprint density at radius 3 is 2.57 bits per heavy atom. The Kier molecular flexibility index (Phi) is 7.15. The van der Waals surface area contributed by atoms with Crippen molar-refractivity contribution in [1.82, 2.24) is 10.2 Å². The van der Waals surface area contributed by atoms with Gasteiger partial charge in [-0.3, -0.25) is 9.52 Å². The predicted molar refractivity (Wildman–Crippen MR) is 120 cm³/mol. The average molecular weight is 430 g/mol. The number of sulfonamides is 1. The van der Waals surface area contributed by atoms with Gasteiger partial charge in [-0.2, -0.15) is 0 Å². The van der Waals surface area contributed by atoms with Crippen LogP contribution >= 0.6 is 0 Å². The number of likely N-dealkylation sites (tertiary alicyclic amines) is 1. The Bertz CT molecular complexity index is 987. The van der Waals surface area contributed by atoms with Crippen LogP contribution < -0.4 is 10.0 Å². The van der Waals surface area contributed by atoms with Crippen molar-refractivity contribution in [3.05, 3.63) is 59.2 Å². The SMILES string of the molecule is Cc1ccc(C)c(S(=O)(=O)Nc2ccc(C(=O)NCCN3CCCC(C)C3)cc2)c1. The minimum Gasteiger partial charge on any atom is -0.351 e. The number of aryl methyl sites for hydroxylation is 2. The number of anilines is 1. The molecule has 0 bridgehead atoms. The van der Waals surface area contributed by atoms with Gasteiger partial charge in [0, 0.05) is 30.9 Å². The van der Waals surface area contributed by atoms with Crippen LogP contribution in [0.4, 0.5) is 5.69 Å². The Balaban J connectivity index is 1.56. The third-order valence-corrected chi connectivity index (χ3v) is 7.01. The maximum atomic E-state index is 12.7. The molecule has 3 rings (SSSR count). The van der Waals surface area contributed by atoms with Gasteiger partial charge in [0.05, 0.1) is 4.90 Å². The minimum atomic E-state index is -3.69. The molecule has 2 aromatic rings. The summed E-state index contributed by atoms with van der Waals surface area (Å²) in [5.41, 5.74) is 2.51. The molecule has 0 saturated carbocycles. The van der Waals surface area contributed by atoms with Crippen LogP contribution in [0, 0.1) is 19.8 Å². The number of benzene rings is 2. The van der Waals surface area contributed by atoms with Crippen LogP contribution in [0.2, 0.25) is 0 Å². The number of nitrogens with zero attached hydrogens (tertiary/aromatic N) is 1. The van der Waals surface area contributed by atoms with E-state index < -0.39 is 10.0 Å². The van der Waals surface area contributed by atoms with Crippen molar-refractivity contribution in [1.29, 1.82) is 0 Å². The fourth-order valence-electron chi connectivity index (χ4n) is 3.82. The fraction of sp³-hybridized carbons (Fsp3) is 0.435. The highest BCUT2D eigenvalue weighted by Crippen LogP contribution is 2.21. The van der Waals surface area contributed by atoms with Crippen LogP contribution in [0.1, 0.15) is 41.3 Å². The summed E-state index contributed by atoms with van der Waals surface area (Å²) in [5, 5.41) is 2.95. The summed E-state index contributed by atoms with van der Waals surface area (Å²) >= 11 is 0. The highest BCUT2D eigenvalue weighted by atomic mass is 32.2. The van der Waals surface area contributed by atoms with Crippen molar-refractivity contribution < 1.29 is 13.2 Å². The van der Waals surface area contributed by atoms with Crippen LogP contribution in [-0.4, -0.2) is 45.4 Å². The first-order valence-electron chi connectivity index (χ1n) is 10.5. The van der Waals surface area contributed by atoms with E-state index in [9.17, 15) is 13.2 Å². The molecule has 1 saturated heterocycles. The molecule has 7 heteroatoms. The van der Waals surface area contributed by atoms with Crippen LogP contribution in [0.3, 0.4) is 0 Å². The third kappa shape index (κ3) is 5.83. The normalized spacial score (nSPS) is 17.5. The molecule has 162 valence electrons. The highest BCUT2D eigenvalue weighted by Gasteiger charge is 2.18. The van der Waals surface area contributed by atoms with Gasteiger partial charge in [0.1, 0.15) is 0 Å². The van der Waals surface area contributed by atoms with E-state index in [4.69, 9.17) is 0 Å². The van der Waals surface area contributed by atoms with E-state index in [1.54, 1.807) is 43.3 Å². The Labute approximate surface area is 179 Å². The van der Waals surface area contributed by atoms with Crippen molar-refractivity contribution in [3.63, 3.8) is 0 Å². The van der Waals surface area contributed by atoms with Crippen molar-refractivity contribution in [2.75, 3.05) is 30.9 Å². The molecule has 6 nitrogen and oxygen atoms in total. The minimum absolute atomic E-state index is 0.149. The first kappa shape index (κ1) is 22.3. The maximum absolute atomic E-state index is 12.7. The summed E-state index contributed by atoms with van der Waals surface area (Å²) in [5.74, 6) is 0.568. The number of carbonyl (C=O) groups excluding carboxylic acids is 1. The molecule has 1 aliphatic rings. The van der Waals surface area contributed by atoms with E-state index in [1.807, 2.05) is 13.0 Å². The lowest BCUT2D eigenvalue weighted by atomic mass is 10.0. The van der Waals surface area contributed by atoms with Gasteiger partial charge in [-0.25, -0.2) is 8.42 Å². The summed E-state index contributed by atoms with van der Waals surface area (Å²) in [6, 6.07) is 11.8. The van der Waals surface area contributed by atoms with Crippen LogP contribution in [0.5, 0.6) is 0 Å². The zero-order chi connectivity index (χ0) is 21.7. The quantitative estimate of drug-likeness (QED) is 0.705. The van der Waals surface area contributed by atoms with Crippen LogP contribution in [0.15, 0.2) is 47.4 Å². The zero-order valence-electron chi connectivity index (χ0n) is 17.9. The number of rotatable bonds is 7. The summed E-state index contributed by atoms with van der Waals surface area (Å²) in [6.45, 7) is 9.53. The summed E-state index contributed by atoms with van der Waals surface area (Å²) in [7, 11) is -3.69. The second-order valence-electron chi connectivity index (χ2n) is 8.26. The van der Waals surface area contributed by atoms with Gasteiger partial charge in [-0.15, -0.1) is 0 Å². The Morgan fingerprint density at radius 2 is 1.87 bits per heavy atom. The topological polar surface area (TPSA) is 78.5 Å². The zero-order valence-corrected chi connectivity index (χ0v) is 18.8. The van der Waals surface area contributed by atoms with Gasteiger partial charge < -0.3 is 10.2 Å². The molecule has 0 aromatic heterocycles. The lowest BCUT2D eigenvalue weighted by molar-refractivity contribution is 0.0944. The second-order valence-corrected chi connectivity index (χ2v) is 9.91. The molecule has 0 aliphatic carbocycles. The van der Waals surface area contributed by atoms with Gasteiger partial charge in [0.25, 0.3) is 15.9 Å². The first-order valence-corrected chi connectivity index (χ1v) is 11.9. The lowest BCUT2D eigenvalue weighted by Crippen LogP contribution is -2.40. The van der Waals surface area contributed by atoms with Gasteiger partial charge in [0.15, 0.2) is 0 Å². The van der Waals surface area contributed by atoms with Gasteiger partial charge in [-0.05, 0) is 80.6 Å². The van der Waals surface area contributed by atoms with E-state index in [2.05, 4.69) is 21.9 Å². The standard InChI is InChI=1S/C23H31N3O3S/c1-17-6-7-19(3)22(15-17)30(28,29)25-21-10-8-20(9-11-21)23(27)24-12-14-26-13-4-5-18(2)16-26/h6-11,15,18,25H,4-5,12-14,16H2,1-3H3,(H,24,27). The van der Waals surface area contributed by atoms with Crippen molar-refractivity contribution in [2.45, 2.75) is 38.5 Å². The van der Waals surface area contributed by atoms with E-state index in [1.165, 1.54) is 12.8 Å². The molecule has 0 radical (unpaired) electrons. The lowest BCUT2D eigenvalue weighted by Gasteiger charge is -2.30. The maximum Gasteiger partial charge on any atom is 0.262 e. The second kappa shape index (κ2) is 9.62. The molecule has 1 fully saturated rings. The molecular formula is C23H31N3O3S. The van der Waals surface area contributed by atoms with Gasteiger partial charge >= 0.3 is 0 Å². The van der Waals surface area contributed by atoms with Gasteiger partial charge in [0.2, 0.25) is 0 Å². The summed E-state index contributed by atoms with van der Waals surface area (Å²) in [4.78, 5) is 15.0. The van der Waals surface area contributed by atoms with Crippen molar-refractivity contribution in [2.24, 2.45) is 5.92 Å². The number of hydrogen-bond donors (Lipinski definition) is 2. The number of nitrogens with one attached hydrogen (secondary N) is 2. The molecule has 30 heavy (non-hydrogen) atoms. The van der Waals surface area contributed by atoms with E-state index in [-0.39, 0.29) is 10.8 Å². The fourth-order valence-corrected chi connectivity index (χ4v) is 5.21. The molecular weight excluding hydrogens is 398 g/mol. The molecule has 1 atom stereocenters. The van der Waals surface area contributed by atoms with Gasteiger partial charge in [-0.1, -0.05) is 19.1 Å². The smallest absolute Gasteiger partial charge is 0.262 e. The molecule has 2 N–H and O–H groups in total. The predicted octanol–water partition coefficient (Wildman–Crippen LogP) is 3.57. The molecule has 1 aliphatic heterocycles. The molecule has 1 amide bonds. The van der Waals surface area contributed by atoms with Crippen LogP contribution in [0.25, 0.3) is 0 Å². The summed E-state index contributed by atoms with van der Waals surface area (Å²) in [6.07, 6.45) is 2.50. The summed E-state index contributed by atoms with van der Waals surface area (Å²) < 4.78 is 28.0. The molecule has 1 heterocycles. The molecule has 2 aromatic carbocycles. The molecule has 0 spiro atoms. The number of piperidine rings is 1. The Morgan fingerprint density at radius 1 is 1.13 bits per heavy atom. The number of carbonyl (C=O) groups is 1. The average Bonchev–Trinajstić information content (AvgIpc) is 2.70. The largest absolute Gasteiger partial charge is 0.351 e. The number of amides is 1. The number of hydrogen-bond acceptors (Lipinski definition) is 4. The van der Waals surface area contributed by atoms with Crippen LogP contribution in [-0.2, 0) is 10.0 Å². The molecule has 1 unspecified atom stereocenters. The monoisotopic (exact) mass is 429 g/mol. The van der Waals surface area contributed by atoms with E-state index in [0.717, 1.165) is 31.1 Å². The first-order chi connectivity index (χ1) is 14.2.